The number of amides is 1. The van der Waals surface area contributed by atoms with Crippen LogP contribution >= 0.6 is 0 Å². The molecule has 6 heteroatoms. The summed E-state index contributed by atoms with van der Waals surface area (Å²) in [6, 6.07) is -0.172. The molecule has 1 atom stereocenters. The minimum Gasteiger partial charge on any atom is -0.394 e. The Morgan fingerprint density at radius 1 is 1.31 bits per heavy atom. The molecule has 0 saturated heterocycles. The molecule has 0 radical (unpaired) electrons. The lowest BCUT2D eigenvalue weighted by atomic mass is 10.0. The summed E-state index contributed by atoms with van der Waals surface area (Å²) in [5.74, 6) is 0.0640. The van der Waals surface area contributed by atoms with Gasteiger partial charge in [-0.1, -0.05) is 0 Å². The third-order valence-corrected chi connectivity index (χ3v) is 2.96. The monoisotopic (exact) mass is 232 g/mol. The molecule has 0 aromatic carbocycles. The van der Waals surface area contributed by atoms with Crippen molar-refractivity contribution in [3.63, 3.8) is 0 Å². The topological polar surface area (TPSA) is 116 Å². The Hall–Kier alpha value is -0.690. The maximum atomic E-state index is 11.6. The van der Waals surface area contributed by atoms with E-state index in [4.69, 9.17) is 21.1 Å². The van der Waals surface area contributed by atoms with Crippen molar-refractivity contribution in [1.82, 2.24) is 5.32 Å². The van der Waals surface area contributed by atoms with E-state index in [2.05, 4.69) is 5.32 Å². The lowest BCUT2D eigenvalue weighted by molar-refractivity contribution is -0.125. The van der Waals surface area contributed by atoms with Crippen molar-refractivity contribution in [2.75, 3.05) is 19.8 Å². The van der Waals surface area contributed by atoms with E-state index in [1.165, 1.54) is 0 Å². The van der Waals surface area contributed by atoms with Gasteiger partial charge in [-0.05, 0) is 18.8 Å². The van der Waals surface area contributed by atoms with Gasteiger partial charge in [-0.15, -0.1) is 0 Å². The number of nitrogens with two attached hydrogens (primary N) is 1. The minimum absolute atomic E-state index is 0.159. The van der Waals surface area contributed by atoms with Gasteiger partial charge in [-0.3, -0.25) is 4.79 Å². The smallest absolute Gasteiger partial charge is 0.222 e. The van der Waals surface area contributed by atoms with Crippen LogP contribution < -0.4 is 11.1 Å². The lowest BCUT2D eigenvalue weighted by Gasteiger charge is -2.29. The van der Waals surface area contributed by atoms with Gasteiger partial charge in [0.05, 0.1) is 19.8 Å². The van der Waals surface area contributed by atoms with E-state index < -0.39 is 25.4 Å². The molecule has 1 rings (SSSR count). The maximum Gasteiger partial charge on any atom is 0.222 e. The molecule has 1 aliphatic rings. The van der Waals surface area contributed by atoms with Crippen LogP contribution in [0.4, 0.5) is 0 Å². The van der Waals surface area contributed by atoms with E-state index in [1.54, 1.807) is 0 Å². The fourth-order valence-corrected chi connectivity index (χ4v) is 1.52. The SMILES string of the molecule is NC(CC(=O)NC(CO)(CO)CO)C1CC1. The number of rotatable bonds is 7. The molecule has 0 heterocycles. The summed E-state index contributed by atoms with van der Waals surface area (Å²) in [7, 11) is 0. The third kappa shape index (κ3) is 3.41. The molecule has 0 bridgehead atoms. The molecule has 1 amide bonds. The first-order valence-corrected chi connectivity index (χ1v) is 5.46. The molecule has 6 N–H and O–H groups in total. The highest BCUT2D eigenvalue weighted by atomic mass is 16.3. The molecule has 16 heavy (non-hydrogen) atoms. The van der Waals surface area contributed by atoms with Gasteiger partial charge in [-0.25, -0.2) is 0 Å². The largest absolute Gasteiger partial charge is 0.394 e. The number of nitrogens with one attached hydrogen (secondary N) is 1. The van der Waals surface area contributed by atoms with Crippen LogP contribution in [0.5, 0.6) is 0 Å². The Morgan fingerprint density at radius 2 is 1.81 bits per heavy atom. The van der Waals surface area contributed by atoms with E-state index >= 15 is 0 Å². The van der Waals surface area contributed by atoms with Crippen LogP contribution in [0.3, 0.4) is 0 Å². The molecular weight excluding hydrogens is 212 g/mol. The van der Waals surface area contributed by atoms with E-state index in [-0.39, 0.29) is 18.4 Å². The predicted molar refractivity (Wildman–Crippen MR) is 57.4 cm³/mol. The second kappa shape index (κ2) is 5.58. The summed E-state index contributed by atoms with van der Waals surface area (Å²) in [6.45, 7) is -1.53. The molecule has 0 aromatic rings. The average molecular weight is 232 g/mol. The summed E-state index contributed by atoms with van der Waals surface area (Å²) in [6.07, 6.45) is 2.27. The van der Waals surface area contributed by atoms with Crippen LogP contribution in [0.25, 0.3) is 0 Å². The van der Waals surface area contributed by atoms with Crippen LogP contribution in [0.15, 0.2) is 0 Å². The summed E-state index contributed by atoms with van der Waals surface area (Å²) in [4.78, 5) is 11.6. The van der Waals surface area contributed by atoms with Gasteiger partial charge >= 0.3 is 0 Å². The minimum atomic E-state index is -1.35. The highest BCUT2D eigenvalue weighted by Gasteiger charge is 2.33. The Balaban J connectivity index is 2.41. The number of aliphatic hydroxyl groups is 3. The van der Waals surface area contributed by atoms with Crippen molar-refractivity contribution < 1.29 is 20.1 Å². The summed E-state index contributed by atoms with van der Waals surface area (Å²) < 4.78 is 0. The zero-order chi connectivity index (χ0) is 12.2. The number of aliphatic hydroxyl groups excluding tert-OH is 3. The highest BCUT2D eigenvalue weighted by Crippen LogP contribution is 2.32. The highest BCUT2D eigenvalue weighted by molar-refractivity contribution is 5.77. The van der Waals surface area contributed by atoms with Gasteiger partial charge < -0.3 is 26.4 Å². The Morgan fingerprint density at radius 3 is 2.19 bits per heavy atom. The molecule has 94 valence electrons. The molecule has 0 aliphatic heterocycles. The fourth-order valence-electron chi connectivity index (χ4n) is 1.52. The van der Waals surface area contributed by atoms with Crippen molar-refractivity contribution >= 4 is 5.91 Å². The lowest BCUT2D eigenvalue weighted by Crippen LogP contribution is -2.57. The average Bonchev–Trinajstić information content (AvgIpc) is 3.09. The second-order valence-electron chi connectivity index (χ2n) is 4.51. The van der Waals surface area contributed by atoms with Crippen LogP contribution in [-0.4, -0.2) is 52.6 Å². The van der Waals surface area contributed by atoms with Crippen LogP contribution in [0, 0.1) is 5.92 Å². The zero-order valence-corrected chi connectivity index (χ0v) is 9.22. The maximum absolute atomic E-state index is 11.6. The predicted octanol–water partition coefficient (Wildman–Crippen LogP) is -2.05. The van der Waals surface area contributed by atoms with Crippen LogP contribution in [0.1, 0.15) is 19.3 Å². The third-order valence-electron chi connectivity index (χ3n) is 2.96. The molecule has 1 unspecified atom stereocenters. The van der Waals surface area contributed by atoms with Gasteiger partial charge in [0.15, 0.2) is 0 Å². The first kappa shape index (κ1) is 13.4. The second-order valence-corrected chi connectivity index (χ2v) is 4.51. The number of hydrogen-bond donors (Lipinski definition) is 5. The standard InChI is InChI=1S/C10H20N2O4/c11-8(7-1-2-7)3-9(16)12-10(4-13,5-14)6-15/h7-8,13-15H,1-6,11H2,(H,12,16). The first-order valence-electron chi connectivity index (χ1n) is 5.46. The number of hydrogen-bond acceptors (Lipinski definition) is 5. The zero-order valence-electron chi connectivity index (χ0n) is 9.22. The molecule has 1 saturated carbocycles. The molecule has 1 aliphatic carbocycles. The molecular formula is C10H20N2O4. The van der Waals surface area contributed by atoms with E-state index in [0.29, 0.717) is 5.92 Å². The van der Waals surface area contributed by atoms with Gasteiger partial charge in [-0.2, -0.15) is 0 Å². The van der Waals surface area contributed by atoms with E-state index in [9.17, 15) is 4.79 Å². The number of carbonyl (C=O) groups excluding carboxylic acids is 1. The van der Waals surface area contributed by atoms with Crippen molar-refractivity contribution in [2.24, 2.45) is 11.7 Å². The fraction of sp³-hybridized carbons (Fsp3) is 0.900. The molecule has 0 aromatic heterocycles. The molecule has 6 nitrogen and oxygen atoms in total. The van der Waals surface area contributed by atoms with Crippen LogP contribution in [0.2, 0.25) is 0 Å². The summed E-state index contributed by atoms with van der Waals surface area (Å²) in [5, 5.41) is 29.5. The summed E-state index contributed by atoms with van der Waals surface area (Å²) >= 11 is 0. The van der Waals surface area contributed by atoms with Crippen molar-refractivity contribution in [3.8, 4) is 0 Å². The van der Waals surface area contributed by atoms with Crippen molar-refractivity contribution in [1.29, 1.82) is 0 Å². The molecule has 0 spiro atoms. The van der Waals surface area contributed by atoms with Crippen molar-refractivity contribution in [2.45, 2.75) is 30.8 Å². The van der Waals surface area contributed by atoms with Gasteiger partial charge in [0.25, 0.3) is 0 Å². The Labute approximate surface area is 94.5 Å². The van der Waals surface area contributed by atoms with Crippen LogP contribution in [-0.2, 0) is 4.79 Å². The van der Waals surface area contributed by atoms with Crippen molar-refractivity contribution in [3.05, 3.63) is 0 Å². The number of carbonyl (C=O) groups is 1. The van der Waals surface area contributed by atoms with Gasteiger partial charge in [0.2, 0.25) is 5.91 Å². The normalized spacial score (nSPS) is 18.2. The Bertz CT molecular complexity index is 231. The van der Waals surface area contributed by atoms with E-state index in [0.717, 1.165) is 12.8 Å². The quantitative estimate of drug-likeness (QED) is 0.346. The first-order chi connectivity index (χ1) is 7.56. The molecule has 1 fully saturated rings. The van der Waals surface area contributed by atoms with E-state index in [1.807, 2.05) is 0 Å². The van der Waals surface area contributed by atoms with Gasteiger partial charge in [0, 0.05) is 12.5 Å². The Kier molecular flexibility index (Phi) is 4.67. The summed E-state index contributed by atoms with van der Waals surface area (Å²) in [5.41, 5.74) is 4.43. The van der Waals surface area contributed by atoms with Gasteiger partial charge in [0.1, 0.15) is 5.54 Å².